The molecule has 4 heteroatoms. The Morgan fingerprint density at radius 1 is 1.31 bits per heavy atom. The summed E-state index contributed by atoms with van der Waals surface area (Å²) in [5.41, 5.74) is 0.797. The van der Waals surface area contributed by atoms with Crippen LogP contribution < -0.4 is 5.63 Å². The molecule has 1 aromatic carbocycles. The third kappa shape index (κ3) is 2.11. The maximum absolute atomic E-state index is 11.3. The van der Waals surface area contributed by atoms with E-state index in [0.29, 0.717) is 11.3 Å². The minimum absolute atomic E-state index is 0.385. The molecule has 0 radical (unpaired) electrons. The molecule has 2 aromatic rings. The van der Waals surface area contributed by atoms with E-state index in [1.54, 1.807) is 12.4 Å². The molecular formula is C12H12N2O2. The second-order valence-electron chi connectivity index (χ2n) is 3.66. The van der Waals surface area contributed by atoms with Gasteiger partial charge in [0.1, 0.15) is 5.58 Å². The molecule has 82 valence electrons. The molecule has 1 heterocycles. The van der Waals surface area contributed by atoms with Gasteiger partial charge in [0.25, 0.3) is 0 Å². The van der Waals surface area contributed by atoms with E-state index in [-0.39, 0.29) is 5.63 Å². The fourth-order valence-electron chi connectivity index (χ4n) is 1.38. The van der Waals surface area contributed by atoms with Gasteiger partial charge in [0.2, 0.25) is 0 Å². The largest absolute Gasteiger partial charge is 0.423 e. The van der Waals surface area contributed by atoms with Gasteiger partial charge in [-0.05, 0) is 12.1 Å². The first-order valence-corrected chi connectivity index (χ1v) is 4.90. The predicted octanol–water partition coefficient (Wildman–Crippen LogP) is 2.01. The Kier molecular flexibility index (Phi) is 2.72. The van der Waals surface area contributed by atoms with Crippen LogP contribution in [0, 0.1) is 0 Å². The number of rotatable bonds is 2. The highest BCUT2D eigenvalue weighted by atomic mass is 16.4. The molecule has 4 nitrogen and oxygen atoms in total. The van der Waals surface area contributed by atoms with Gasteiger partial charge in [-0.2, -0.15) is 0 Å². The Morgan fingerprint density at radius 3 is 2.81 bits per heavy atom. The predicted molar refractivity (Wildman–Crippen MR) is 64.3 cm³/mol. The second-order valence-corrected chi connectivity index (χ2v) is 3.66. The lowest BCUT2D eigenvalue weighted by atomic mass is 10.2. The van der Waals surface area contributed by atoms with Crippen molar-refractivity contribution >= 4 is 23.0 Å². The monoisotopic (exact) mass is 216 g/mol. The van der Waals surface area contributed by atoms with Crippen LogP contribution in [0.2, 0.25) is 0 Å². The van der Waals surface area contributed by atoms with Crippen LogP contribution in [0.15, 0.2) is 44.5 Å². The fraction of sp³-hybridized carbons (Fsp3) is 0.167. The van der Waals surface area contributed by atoms with Gasteiger partial charge < -0.3 is 9.32 Å². The van der Waals surface area contributed by atoms with Crippen molar-refractivity contribution in [2.24, 2.45) is 4.99 Å². The first-order valence-electron chi connectivity index (χ1n) is 4.90. The number of benzene rings is 1. The highest BCUT2D eigenvalue weighted by Gasteiger charge is 2.02. The molecule has 0 unspecified atom stereocenters. The molecule has 0 N–H and O–H groups in total. The number of hydrogen-bond donors (Lipinski definition) is 0. The van der Waals surface area contributed by atoms with Crippen molar-refractivity contribution in [3.05, 3.63) is 40.8 Å². The normalized spacial score (nSPS) is 11.1. The molecule has 0 aliphatic rings. The van der Waals surface area contributed by atoms with E-state index in [9.17, 15) is 4.79 Å². The number of nitrogens with zero attached hydrogens (tertiary/aromatic N) is 2. The molecule has 16 heavy (non-hydrogen) atoms. The molecule has 0 saturated carbocycles. The van der Waals surface area contributed by atoms with E-state index < -0.39 is 0 Å². The average molecular weight is 216 g/mol. The Hall–Kier alpha value is -2.10. The van der Waals surface area contributed by atoms with Crippen LogP contribution >= 0.6 is 0 Å². The summed E-state index contributed by atoms with van der Waals surface area (Å²) in [6, 6.07) is 8.73. The molecule has 1 aromatic heterocycles. The van der Waals surface area contributed by atoms with Gasteiger partial charge >= 0.3 is 5.63 Å². The van der Waals surface area contributed by atoms with E-state index in [1.165, 1.54) is 6.07 Å². The third-order valence-electron chi connectivity index (χ3n) is 2.06. The zero-order valence-electron chi connectivity index (χ0n) is 9.18. The van der Waals surface area contributed by atoms with Crippen molar-refractivity contribution in [2.75, 3.05) is 14.1 Å². The van der Waals surface area contributed by atoms with Gasteiger partial charge in [0, 0.05) is 19.5 Å². The first kappa shape index (κ1) is 10.4. The van der Waals surface area contributed by atoms with Crippen molar-refractivity contribution < 1.29 is 4.42 Å². The lowest BCUT2D eigenvalue weighted by Crippen LogP contribution is -2.07. The number of aliphatic imine (C=N–C) groups is 1. The first-order chi connectivity index (χ1) is 7.66. The van der Waals surface area contributed by atoms with Crippen LogP contribution in [0.1, 0.15) is 0 Å². The Bertz CT molecular complexity index is 585. The van der Waals surface area contributed by atoms with Gasteiger partial charge in [0.05, 0.1) is 18.1 Å². The smallest absolute Gasteiger partial charge is 0.338 e. The summed E-state index contributed by atoms with van der Waals surface area (Å²) in [5.74, 6) is 0. The fourth-order valence-corrected chi connectivity index (χ4v) is 1.38. The molecule has 0 fully saturated rings. The average Bonchev–Trinajstić information content (AvgIpc) is 2.25. The Morgan fingerprint density at radius 2 is 2.06 bits per heavy atom. The molecule has 0 bridgehead atoms. The van der Waals surface area contributed by atoms with Crippen LogP contribution in [0.25, 0.3) is 11.0 Å². The van der Waals surface area contributed by atoms with Gasteiger partial charge in [-0.25, -0.2) is 9.79 Å². The van der Waals surface area contributed by atoms with Crippen molar-refractivity contribution in [1.82, 2.24) is 4.90 Å². The van der Waals surface area contributed by atoms with Crippen LogP contribution in [0.5, 0.6) is 0 Å². The zero-order valence-corrected chi connectivity index (χ0v) is 9.18. The number of para-hydroxylation sites is 1. The summed E-state index contributed by atoms with van der Waals surface area (Å²) in [6.07, 6.45) is 1.65. The minimum Gasteiger partial charge on any atom is -0.423 e. The lowest BCUT2D eigenvalue weighted by molar-refractivity contribution is 0.561. The summed E-state index contributed by atoms with van der Waals surface area (Å²) < 4.78 is 5.07. The summed E-state index contributed by atoms with van der Waals surface area (Å²) >= 11 is 0. The summed E-state index contributed by atoms with van der Waals surface area (Å²) in [7, 11) is 3.74. The quantitative estimate of drug-likeness (QED) is 0.438. The Labute approximate surface area is 92.8 Å². The summed E-state index contributed by atoms with van der Waals surface area (Å²) in [6.45, 7) is 0. The highest BCUT2D eigenvalue weighted by Crippen LogP contribution is 2.23. The molecule has 0 amide bonds. The van der Waals surface area contributed by atoms with E-state index in [0.717, 1.165) is 5.39 Å². The lowest BCUT2D eigenvalue weighted by Gasteiger charge is -2.03. The number of hydrogen-bond acceptors (Lipinski definition) is 3. The van der Waals surface area contributed by atoms with Crippen molar-refractivity contribution in [1.29, 1.82) is 0 Å². The standard InChI is InChI=1S/C12H12N2O2/c1-14(2)8-13-10-7-12(15)16-11-6-4-3-5-9(10)11/h3-8H,1-2H3. The Balaban J connectivity index is 2.63. The van der Waals surface area contributed by atoms with Crippen molar-refractivity contribution in [3.8, 4) is 0 Å². The van der Waals surface area contributed by atoms with E-state index in [4.69, 9.17) is 4.42 Å². The summed E-state index contributed by atoms with van der Waals surface area (Å²) in [5, 5.41) is 0.834. The maximum atomic E-state index is 11.3. The second kappa shape index (κ2) is 4.18. The molecule has 2 rings (SSSR count). The molecule has 0 aliphatic heterocycles. The molecule has 0 saturated heterocycles. The maximum Gasteiger partial charge on any atom is 0.338 e. The molecule has 0 spiro atoms. The third-order valence-corrected chi connectivity index (χ3v) is 2.06. The molecule has 0 atom stereocenters. The summed E-state index contributed by atoms with van der Waals surface area (Å²) in [4.78, 5) is 17.3. The molecular weight excluding hydrogens is 204 g/mol. The van der Waals surface area contributed by atoms with Gasteiger partial charge in [-0.15, -0.1) is 0 Å². The van der Waals surface area contributed by atoms with Gasteiger partial charge in [-0.1, -0.05) is 12.1 Å². The van der Waals surface area contributed by atoms with E-state index >= 15 is 0 Å². The van der Waals surface area contributed by atoms with E-state index in [2.05, 4.69) is 4.99 Å². The molecule has 0 aliphatic carbocycles. The topological polar surface area (TPSA) is 45.8 Å². The number of fused-ring (bicyclic) bond motifs is 1. The van der Waals surface area contributed by atoms with Crippen molar-refractivity contribution in [3.63, 3.8) is 0 Å². The van der Waals surface area contributed by atoms with Gasteiger partial charge in [0.15, 0.2) is 0 Å². The minimum atomic E-state index is -0.385. The van der Waals surface area contributed by atoms with Crippen LogP contribution in [0.3, 0.4) is 0 Å². The van der Waals surface area contributed by atoms with Gasteiger partial charge in [-0.3, -0.25) is 0 Å². The van der Waals surface area contributed by atoms with Crippen molar-refractivity contribution in [2.45, 2.75) is 0 Å². The zero-order chi connectivity index (χ0) is 11.5. The van der Waals surface area contributed by atoms with Crippen LogP contribution in [0.4, 0.5) is 5.69 Å². The van der Waals surface area contributed by atoms with Crippen LogP contribution in [-0.2, 0) is 0 Å². The highest BCUT2D eigenvalue weighted by molar-refractivity contribution is 5.89. The van der Waals surface area contributed by atoms with Crippen LogP contribution in [-0.4, -0.2) is 25.3 Å². The van der Waals surface area contributed by atoms with E-state index in [1.807, 2.05) is 37.2 Å². The SMILES string of the molecule is CN(C)C=Nc1cc(=O)oc2ccccc12.